The van der Waals surface area contributed by atoms with E-state index in [0.717, 1.165) is 11.3 Å². The number of halogens is 1. The highest BCUT2D eigenvalue weighted by molar-refractivity contribution is 5.40. The lowest BCUT2D eigenvalue weighted by atomic mass is 10.2. The zero-order valence-electron chi connectivity index (χ0n) is 8.31. The number of aliphatic hydroxyl groups is 1. The van der Waals surface area contributed by atoms with Crippen LogP contribution in [-0.2, 0) is 6.61 Å². The normalized spacial score (nSPS) is 10.6. The van der Waals surface area contributed by atoms with Crippen LogP contribution in [-0.4, -0.2) is 14.9 Å². The minimum atomic E-state index is -0.269. The summed E-state index contributed by atoms with van der Waals surface area (Å²) in [5, 5.41) is 13.2. The van der Waals surface area contributed by atoms with Crippen molar-refractivity contribution in [3.05, 3.63) is 47.5 Å². The second-order valence-corrected chi connectivity index (χ2v) is 3.32. The van der Waals surface area contributed by atoms with Gasteiger partial charge in [0.15, 0.2) is 0 Å². The van der Waals surface area contributed by atoms with Crippen LogP contribution in [0.3, 0.4) is 0 Å². The molecule has 0 atom stereocenters. The zero-order valence-corrected chi connectivity index (χ0v) is 8.31. The van der Waals surface area contributed by atoms with Crippen molar-refractivity contribution in [2.24, 2.45) is 0 Å². The fraction of sp³-hybridized carbons (Fsp3) is 0.182. The van der Waals surface area contributed by atoms with E-state index in [2.05, 4.69) is 5.10 Å². The van der Waals surface area contributed by atoms with Gasteiger partial charge in [0.05, 0.1) is 18.0 Å². The quantitative estimate of drug-likeness (QED) is 0.813. The average molecular weight is 206 g/mol. The van der Waals surface area contributed by atoms with Crippen molar-refractivity contribution in [1.82, 2.24) is 9.78 Å². The third kappa shape index (κ3) is 1.76. The third-order valence-electron chi connectivity index (χ3n) is 2.27. The largest absolute Gasteiger partial charge is 0.390 e. The van der Waals surface area contributed by atoms with Crippen molar-refractivity contribution in [2.75, 3.05) is 0 Å². The summed E-state index contributed by atoms with van der Waals surface area (Å²) in [6, 6.07) is 6.20. The highest BCUT2D eigenvalue weighted by atomic mass is 19.1. The van der Waals surface area contributed by atoms with Crippen molar-refractivity contribution >= 4 is 0 Å². The van der Waals surface area contributed by atoms with E-state index in [9.17, 15) is 4.39 Å². The van der Waals surface area contributed by atoms with Gasteiger partial charge >= 0.3 is 0 Å². The average Bonchev–Trinajstić information content (AvgIpc) is 2.65. The first-order valence-electron chi connectivity index (χ1n) is 4.62. The number of aryl methyl sites for hydroxylation is 1. The molecule has 0 bridgehead atoms. The molecule has 0 unspecified atom stereocenters. The Bertz CT molecular complexity index is 479. The van der Waals surface area contributed by atoms with Gasteiger partial charge in [0, 0.05) is 6.20 Å². The maximum atomic E-state index is 12.9. The smallest absolute Gasteiger partial charge is 0.123 e. The van der Waals surface area contributed by atoms with Crippen LogP contribution in [0, 0.1) is 12.7 Å². The molecule has 2 rings (SSSR count). The van der Waals surface area contributed by atoms with Crippen LogP contribution in [0.15, 0.2) is 30.5 Å². The van der Waals surface area contributed by atoms with E-state index in [1.807, 2.05) is 0 Å². The SMILES string of the molecule is Cc1cc(F)ccc1-n1nccc1CO. The van der Waals surface area contributed by atoms with Crippen LogP contribution in [0.2, 0.25) is 0 Å². The molecule has 0 spiro atoms. The fourth-order valence-electron chi connectivity index (χ4n) is 1.52. The summed E-state index contributed by atoms with van der Waals surface area (Å²) in [6.07, 6.45) is 1.61. The molecule has 0 amide bonds. The minimum absolute atomic E-state index is 0.0865. The van der Waals surface area contributed by atoms with E-state index in [1.54, 1.807) is 29.9 Å². The summed E-state index contributed by atoms with van der Waals surface area (Å²) in [5.41, 5.74) is 2.25. The fourth-order valence-corrected chi connectivity index (χ4v) is 1.52. The monoisotopic (exact) mass is 206 g/mol. The predicted octanol–water partition coefficient (Wildman–Crippen LogP) is 1.81. The van der Waals surface area contributed by atoms with Gasteiger partial charge in [-0.15, -0.1) is 0 Å². The number of hydrogen-bond donors (Lipinski definition) is 1. The second kappa shape index (κ2) is 3.82. The van der Waals surface area contributed by atoms with Crippen molar-refractivity contribution < 1.29 is 9.50 Å². The van der Waals surface area contributed by atoms with E-state index >= 15 is 0 Å². The first-order valence-corrected chi connectivity index (χ1v) is 4.62. The first kappa shape index (κ1) is 9.86. The van der Waals surface area contributed by atoms with E-state index < -0.39 is 0 Å². The summed E-state index contributed by atoms with van der Waals surface area (Å²) in [4.78, 5) is 0. The number of benzene rings is 1. The number of aliphatic hydroxyl groups excluding tert-OH is 1. The summed E-state index contributed by atoms with van der Waals surface area (Å²) >= 11 is 0. The maximum Gasteiger partial charge on any atom is 0.123 e. The van der Waals surface area contributed by atoms with E-state index in [0.29, 0.717) is 5.69 Å². The van der Waals surface area contributed by atoms with Gasteiger partial charge in [-0.3, -0.25) is 0 Å². The lowest BCUT2D eigenvalue weighted by molar-refractivity contribution is 0.273. The number of nitrogens with zero attached hydrogens (tertiary/aromatic N) is 2. The van der Waals surface area contributed by atoms with Crippen molar-refractivity contribution in [3.8, 4) is 5.69 Å². The van der Waals surface area contributed by atoms with E-state index in [-0.39, 0.29) is 12.4 Å². The molecule has 0 saturated heterocycles. The Hall–Kier alpha value is -1.68. The van der Waals surface area contributed by atoms with Crippen LogP contribution in [0.1, 0.15) is 11.3 Å². The van der Waals surface area contributed by atoms with Gasteiger partial charge in [0.2, 0.25) is 0 Å². The standard InChI is InChI=1S/C11H11FN2O/c1-8-6-9(12)2-3-11(8)14-10(7-15)4-5-13-14/h2-6,15H,7H2,1H3. The van der Waals surface area contributed by atoms with Gasteiger partial charge in [0.1, 0.15) is 5.82 Å². The Kier molecular flexibility index (Phi) is 2.51. The van der Waals surface area contributed by atoms with Crippen molar-refractivity contribution in [3.63, 3.8) is 0 Å². The molecule has 0 fully saturated rings. The molecule has 1 N–H and O–H groups in total. The number of aromatic nitrogens is 2. The first-order chi connectivity index (χ1) is 7.22. The molecule has 0 aliphatic rings. The molecule has 0 aliphatic carbocycles. The number of hydrogen-bond acceptors (Lipinski definition) is 2. The molecule has 1 aromatic heterocycles. The van der Waals surface area contributed by atoms with Crippen LogP contribution in [0.4, 0.5) is 4.39 Å². The molecule has 3 nitrogen and oxygen atoms in total. The van der Waals surface area contributed by atoms with Crippen molar-refractivity contribution in [1.29, 1.82) is 0 Å². The van der Waals surface area contributed by atoms with Gasteiger partial charge in [0.25, 0.3) is 0 Å². The predicted molar refractivity (Wildman–Crippen MR) is 54.2 cm³/mol. The topological polar surface area (TPSA) is 38.0 Å². The maximum absolute atomic E-state index is 12.9. The summed E-state index contributed by atoms with van der Waals surface area (Å²) in [7, 11) is 0. The molecule has 0 aliphatic heterocycles. The molecular formula is C11H11FN2O. The van der Waals surface area contributed by atoms with E-state index in [4.69, 9.17) is 5.11 Å². The molecule has 2 aromatic rings. The minimum Gasteiger partial charge on any atom is -0.390 e. The van der Waals surface area contributed by atoms with Crippen LogP contribution in [0.25, 0.3) is 5.69 Å². The Morgan fingerprint density at radius 3 is 2.87 bits per heavy atom. The van der Waals surface area contributed by atoms with Gasteiger partial charge in [-0.25, -0.2) is 9.07 Å². The Labute approximate surface area is 86.8 Å². The Balaban J connectivity index is 2.54. The molecule has 4 heteroatoms. The van der Waals surface area contributed by atoms with Crippen LogP contribution < -0.4 is 0 Å². The van der Waals surface area contributed by atoms with Gasteiger partial charge in [-0.1, -0.05) is 0 Å². The summed E-state index contributed by atoms with van der Waals surface area (Å²) in [6.45, 7) is 1.72. The van der Waals surface area contributed by atoms with E-state index in [1.165, 1.54) is 12.1 Å². The van der Waals surface area contributed by atoms with Crippen LogP contribution >= 0.6 is 0 Å². The molecule has 15 heavy (non-hydrogen) atoms. The Morgan fingerprint density at radius 2 is 2.20 bits per heavy atom. The van der Waals surface area contributed by atoms with Gasteiger partial charge < -0.3 is 5.11 Å². The highest BCUT2D eigenvalue weighted by Gasteiger charge is 2.06. The lowest BCUT2D eigenvalue weighted by Gasteiger charge is -2.08. The van der Waals surface area contributed by atoms with Gasteiger partial charge in [-0.2, -0.15) is 5.10 Å². The zero-order chi connectivity index (χ0) is 10.8. The molecule has 1 aromatic carbocycles. The molecule has 1 heterocycles. The summed E-state index contributed by atoms with van der Waals surface area (Å²) in [5.74, 6) is -0.269. The Morgan fingerprint density at radius 1 is 1.40 bits per heavy atom. The highest BCUT2D eigenvalue weighted by Crippen LogP contribution is 2.16. The second-order valence-electron chi connectivity index (χ2n) is 3.32. The van der Waals surface area contributed by atoms with Crippen LogP contribution in [0.5, 0.6) is 0 Å². The number of rotatable bonds is 2. The summed E-state index contributed by atoms with van der Waals surface area (Å²) < 4.78 is 14.5. The van der Waals surface area contributed by atoms with Gasteiger partial charge in [-0.05, 0) is 36.8 Å². The lowest BCUT2D eigenvalue weighted by Crippen LogP contribution is -2.04. The van der Waals surface area contributed by atoms with Crippen molar-refractivity contribution in [2.45, 2.75) is 13.5 Å². The molecule has 78 valence electrons. The molecular weight excluding hydrogens is 195 g/mol. The molecule has 0 saturated carbocycles. The molecule has 0 radical (unpaired) electrons. The third-order valence-corrected chi connectivity index (χ3v) is 2.27.